The fraction of sp³-hybridized carbons (Fsp3) is 0.167. The van der Waals surface area contributed by atoms with Crippen LogP contribution in [0.3, 0.4) is 0 Å². The van der Waals surface area contributed by atoms with Gasteiger partial charge in [-0.05, 0) is 35.9 Å². The maximum Gasteiger partial charge on any atom is 0.340 e. The van der Waals surface area contributed by atoms with E-state index in [1.54, 1.807) is 24.3 Å². The molecule has 136 valence electrons. The Balaban J connectivity index is 1.81. The Hall–Kier alpha value is -2.93. The molecule has 0 aliphatic carbocycles. The number of hydrogen-bond acceptors (Lipinski definition) is 5. The first kappa shape index (κ1) is 19.4. The third-order valence-corrected chi connectivity index (χ3v) is 3.66. The lowest BCUT2D eigenvalue weighted by atomic mass is 10.1. The van der Waals surface area contributed by atoms with Crippen LogP contribution in [0.15, 0.2) is 42.5 Å². The maximum absolute atomic E-state index is 12.9. The van der Waals surface area contributed by atoms with Gasteiger partial charge >= 0.3 is 11.9 Å². The van der Waals surface area contributed by atoms with Gasteiger partial charge in [0, 0.05) is 6.54 Å². The van der Waals surface area contributed by atoms with Crippen LogP contribution in [-0.2, 0) is 20.8 Å². The molecule has 1 N–H and O–H groups in total. The second kappa shape index (κ2) is 8.96. The molecular formula is C18H15ClFNO5. The number of rotatable bonds is 6. The minimum absolute atomic E-state index is 0.0285. The van der Waals surface area contributed by atoms with Crippen LogP contribution in [0.2, 0.25) is 5.02 Å². The highest BCUT2D eigenvalue weighted by atomic mass is 35.5. The number of amides is 1. The number of esters is 2. The Labute approximate surface area is 153 Å². The SMILES string of the molecule is COC(=O)c1ccc(CNC(=O)COC(=O)c2ccc(F)cc2Cl)cc1. The molecule has 0 aromatic heterocycles. The topological polar surface area (TPSA) is 81.7 Å². The van der Waals surface area contributed by atoms with Crippen LogP contribution in [0.5, 0.6) is 0 Å². The number of carbonyl (C=O) groups is 3. The summed E-state index contributed by atoms with van der Waals surface area (Å²) in [5.74, 6) is -2.38. The fourth-order valence-electron chi connectivity index (χ4n) is 1.99. The molecule has 0 aliphatic rings. The molecule has 8 heteroatoms. The Morgan fingerprint density at radius 2 is 1.77 bits per heavy atom. The Morgan fingerprint density at radius 1 is 1.08 bits per heavy atom. The predicted molar refractivity (Wildman–Crippen MR) is 91.3 cm³/mol. The number of hydrogen-bond donors (Lipinski definition) is 1. The first-order valence-corrected chi connectivity index (χ1v) is 7.84. The van der Waals surface area contributed by atoms with Gasteiger partial charge in [0.05, 0.1) is 23.3 Å². The van der Waals surface area contributed by atoms with Gasteiger partial charge in [-0.1, -0.05) is 23.7 Å². The summed E-state index contributed by atoms with van der Waals surface area (Å²) in [5, 5.41) is 2.47. The molecule has 0 spiro atoms. The molecule has 0 bridgehead atoms. The highest BCUT2D eigenvalue weighted by molar-refractivity contribution is 6.33. The molecule has 0 fully saturated rings. The van der Waals surface area contributed by atoms with Crippen molar-refractivity contribution in [3.05, 3.63) is 70.0 Å². The van der Waals surface area contributed by atoms with Crippen molar-refractivity contribution >= 4 is 29.4 Å². The lowest BCUT2D eigenvalue weighted by molar-refractivity contribution is -0.124. The van der Waals surface area contributed by atoms with Crippen LogP contribution in [-0.4, -0.2) is 31.6 Å². The molecule has 2 aromatic carbocycles. The summed E-state index contributed by atoms with van der Waals surface area (Å²) >= 11 is 5.75. The summed E-state index contributed by atoms with van der Waals surface area (Å²) in [5.41, 5.74) is 1.12. The molecule has 6 nitrogen and oxygen atoms in total. The van der Waals surface area contributed by atoms with Crippen LogP contribution in [0.1, 0.15) is 26.3 Å². The molecule has 0 radical (unpaired) electrons. The molecule has 2 aromatic rings. The van der Waals surface area contributed by atoms with Gasteiger partial charge in [-0.15, -0.1) is 0 Å². The van der Waals surface area contributed by atoms with Crippen LogP contribution < -0.4 is 5.32 Å². The first-order valence-electron chi connectivity index (χ1n) is 7.47. The molecule has 0 unspecified atom stereocenters. The minimum atomic E-state index is -0.826. The van der Waals surface area contributed by atoms with Gasteiger partial charge < -0.3 is 14.8 Å². The molecule has 26 heavy (non-hydrogen) atoms. The summed E-state index contributed by atoms with van der Waals surface area (Å²) in [6, 6.07) is 9.71. The van der Waals surface area contributed by atoms with Crippen LogP contribution in [0, 0.1) is 5.82 Å². The average molecular weight is 380 g/mol. The van der Waals surface area contributed by atoms with Crippen LogP contribution >= 0.6 is 11.6 Å². The first-order chi connectivity index (χ1) is 12.4. The quantitative estimate of drug-likeness (QED) is 0.780. The molecule has 0 saturated carbocycles. The molecule has 2 rings (SSSR count). The van der Waals surface area contributed by atoms with Crippen LogP contribution in [0.4, 0.5) is 4.39 Å². The zero-order valence-electron chi connectivity index (χ0n) is 13.8. The van der Waals surface area contributed by atoms with E-state index in [0.717, 1.165) is 17.7 Å². The smallest absolute Gasteiger partial charge is 0.340 e. The summed E-state index contributed by atoms with van der Waals surface area (Å²) in [6.45, 7) is -0.318. The number of nitrogens with one attached hydrogen (secondary N) is 1. The monoisotopic (exact) mass is 379 g/mol. The predicted octanol–water partition coefficient (Wildman–Crippen LogP) is 2.74. The van der Waals surface area contributed by atoms with Crippen molar-refractivity contribution in [2.45, 2.75) is 6.54 Å². The van der Waals surface area contributed by atoms with Gasteiger partial charge in [0.15, 0.2) is 6.61 Å². The van der Waals surface area contributed by atoms with Crippen molar-refractivity contribution in [3.63, 3.8) is 0 Å². The van der Waals surface area contributed by atoms with Gasteiger partial charge in [0.25, 0.3) is 5.91 Å². The van der Waals surface area contributed by atoms with Crippen molar-refractivity contribution < 1.29 is 28.2 Å². The molecule has 0 saturated heterocycles. The number of halogens is 2. The van der Waals surface area contributed by atoms with E-state index in [0.29, 0.717) is 5.56 Å². The van der Waals surface area contributed by atoms with E-state index in [2.05, 4.69) is 10.1 Å². The van der Waals surface area contributed by atoms with Crippen LogP contribution in [0.25, 0.3) is 0 Å². The Kier molecular flexibility index (Phi) is 6.68. The molecular weight excluding hydrogens is 365 g/mol. The summed E-state index contributed by atoms with van der Waals surface area (Å²) in [7, 11) is 1.29. The molecule has 0 atom stereocenters. The van der Waals surface area contributed by atoms with Crippen molar-refractivity contribution in [1.29, 1.82) is 0 Å². The largest absolute Gasteiger partial charge is 0.465 e. The minimum Gasteiger partial charge on any atom is -0.465 e. The molecule has 0 aliphatic heterocycles. The Bertz CT molecular complexity index is 823. The van der Waals surface area contributed by atoms with Crippen molar-refractivity contribution in [2.75, 3.05) is 13.7 Å². The summed E-state index contributed by atoms with van der Waals surface area (Å²) in [6.07, 6.45) is 0. The number of ether oxygens (including phenoxy) is 2. The fourth-order valence-corrected chi connectivity index (χ4v) is 2.24. The average Bonchev–Trinajstić information content (AvgIpc) is 2.64. The van der Waals surface area contributed by atoms with E-state index in [1.165, 1.54) is 13.2 Å². The number of benzene rings is 2. The lowest BCUT2D eigenvalue weighted by Crippen LogP contribution is -2.28. The highest BCUT2D eigenvalue weighted by Crippen LogP contribution is 2.18. The number of carbonyl (C=O) groups excluding carboxylic acids is 3. The highest BCUT2D eigenvalue weighted by Gasteiger charge is 2.14. The normalized spacial score (nSPS) is 10.1. The van der Waals surface area contributed by atoms with E-state index < -0.39 is 30.3 Å². The van der Waals surface area contributed by atoms with E-state index in [4.69, 9.17) is 16.3 Å². The zero-order chi connectivity index (χ0) is 19.1. The van der Waals surface area contributed by atoms with Gasteiger partial charge in [0.1, 0.15) is 5.82 Å². The lowest BCUT2D eigenvalue weighted by Gasteiger charge is -2.08. The van der Waals surface area contributed by atoms with Gasteiger partial charge in [-0.2, -0.15) is 0 Å². The zero-order valence-corrected chi connectivity index (χ0v) is 14.5. The van der Waals surface area contributed by atoms with Crippen molar-refractivity contribution in [2.24, 2.45) is 0 Å². The van der Waals surface area contributed by atoms with Gasteiger partial charge in [-0.3, -0.25) is 4.79 Å². The maximum atomic E-state index is 12.9. The van der Waals surface area contributed by atoms with Crippen molar-refractivity contribution in [1.82, 2.24) is 5.32 Å². The van der Waals surface area contributed by atoms with Gasteiger partial charge in [0.2, 0.25) is 0 Å². The Morgan fingerprint density at radius 3 is 2.38 bits per heavy atom. The third kappa shape index (κ3) is 5.29. The second-order valence-electron chi connectivity index (χ2n) is 5.17. The second-order valence-corrected chi connectivity index (χ2v) is 5.57. The van der Waals surface area contributed by atoms with E-state index in [-0.39, 0.29) is 17.1 Å². The number of methoxy groups -OCH3 is 1. The molecule has 1 amide bonds. The summed E-state index contributed by atoms with van der Waals surface area (Å²) in [4.78, 5) is 34.9. The van der Waals surface area contributed by atoms with Crippen molar-refractivity contribution in [3.8, 4) is 0 Å². The van der Waals surface area contributed by atoms with Gasteiger partial charge in [-0.25, -0.2) is 14.0 Å². The van der Waals surface area contributed by atoms with E-state index >= 15 is 0 Å². The van der Waals surface area contributed by atoms with E-state index in [1.807, 2.05) is 0 Å². The summed E-state index contributed by atoms with van der Waals surface area (Å²) < 4.78 is 22.4. The third-order valence-electron chi connectivity index (χ3n) is 3.35. The molecule has 0 heterocycles. The standard InChI is InChI=1S/C18H15ClFNO5/c1-25-17(23)12-4-2-11(3-5-12)9-21-16(22)10-26-18(24)14-7-6-13(20)8-15(14)19/h2-8H,9-10H2,1H3,(H,21,22). The van der Waals surface area contributed by atoms with E-state index in [9.17, 15) is 18.8 Å².